The molecule has 178 valence electrons. The standard InChI is InChI=1S/C25H24N6O2S2/c1-15(20-8-9-21(35-20)18-7-5-4-6-16(18)12-26-2)28-24(32)22-23-19(10-11-34-23)25(33)31(29-22)17-13-27-30(3)14-17/h4-11,13-15,26H,12H2,1-3H3,(H,28,32)/t15-/m1/s1. The van der Waals surface area contributed by atoms with E-state index in [9.17, 15) is 9.59 Å². The van der Waals surface area contributed by atoms with Gasteiger partial charge in [0.2, 0.25) is 0 Å². The minimum Gasteiger partial charge on any atom is -0.343 e. The molecule has 0 saturated heterocycles. The summed E-state index contributed by atoms with van der Waals surface area (Å²) in [5, 5.41) is 17.1. The van der Waals surface area contributed by atoms with Crippen molar-refractivity contribution in [2.24, 2.45) is 7.05 Å². The molecule has 5 aromatic rings. The summed E-state index contributed by atoms with van der Waals surface area (Å²) in [6.45, 7) is 2.74. The van der Waals surface area contributed by atoms with Crippen LogP contribution in [0, 0.1) is 0 Å². The third kappa shape index (κ3) is 4.43. The highest BCUT2D eigenvalue weighted by Crippen LogP contribution is 2.33. The molecule has 2 N–H and O–H groups in total. The molecule has 5 rings (SSSR count). The van der Waals surface area contributed by atoms with Gasteiger partial charge in [0, 0.05) is 23.3 Å². The molecular weight excluding hydrogens is 480 g/mol. The van der Waals surface area contributed by atoms with Crippen LogP contribution < -0.4 is 16.2 Å². The van der Waals surface area contributed by atoms with Crippen molar-refractivity contribution in [2.75, 3.05) is 7.05 Å². The van der Waals surface area contributed by atoms with Gasteiger partial charge in [-0.25, -0.2) is 0 Å². The highest BCUT2D eigenvalue weighted by Gasteiger charge is 2.22. The van der Waals surface area contributed by atoms with Crippen molar-refractivity contribution < 1.29 is 4.79 Å². The highest BCUT2D eigenvalue weighted by atomic mass is 32.1. The topological polar surface area (TPSA) is 93.8 Å². The number of benzene rings is 1. The molecule has 4 aromatic heterocycles. The van der Waals surface area contributed by atoms with Crippen LogP contribution in [0.1, 0.15) is 33.9 Å². The van der Waals surface area contributed by atoms with Gasteiger partial charge in [0.25, 0.3) is 11.5 Å². The number of hydrogen-bond acceptors (Lipinski definition) is 7. The molecule has 35 heavy (non-hydrogen) atoms. The van der Waals surface area contributed by atoms with Gasteiger partial charge in [0.1, 0.15) is 5.69 Å². The number of carbonyl (C=O) groups excluding carboxylic acids is 1. The average Bonchev–Trinajstić information content (AvgIpc) is 3.61. The highest BCUT2D eigenvalue weighted by molar-refractivity contribution is 7.17. The zero-order valence-corrected chi connectivity index (χ0v) is 21.1. The summed E-state index contributed by atoms with van der Waals surface area (Å²) in [4.78, 5) is 28.5. The van der Waals surface area contributed by atoms with E-state index in [0.717, 1.165) is 16.3 Å². The van der Waals surface area contributed by atoms with Gasteiger partial charge < -0.3 is 10.6 Å². The summed E-state index contributed by atoms with van der Waals surface area (Å²) >= 11 is 2.99. The lowest BCUT2D eigenvalue weighted by Crippen LogP contribution is -2.30. The molecule has 0 bridgehead atoms. The summed E-state index contributed by atoms with van der Waals surface area (Å²) in [5.74, 6) is -0.326. The molecule has 10 heteroatoms. The van der Waals surface area contributed by atoms with E-state index in [4.69, 9.17) is 0 Å². The minimum absolute atomic E-state index is 0.224. The molecule has 0 unspecified atom stereocenters. The van der Waals surface area contributed by atoms with Gasteiger partial charge >= 0.3 is 0 Å². The maximum Gasteiger partial charge on any atom is 0.280 e. The van der Waals surface area contributed by atoms with Crippen LogP contribution in [0.2, 0.25) is 0 Å². The number of nitrogens with zero attached hydrogens (tertiary/aromatic N) is 4. The number of fused-ring (bicyclic) bond motifs is 1. The lowest BCUT2D eigenvalue weighted by atomic mass is 10.1. The number of nitrogens with one attached hydrogen (secondary N) is 2. The van der Waals surface area contributed by atoms with Crippen LogP contribution in [-0.4, -0.2) is 32.5 Å². The number of carbonyl (C=O) groups is 1. The monoisotopic (exact) mass is 504 g/mol. The fraction of sp³-hybridized carbons (Fsp3) is 0.200. The van der Waals surface area contributed by atoms with Crippen molar-refractivity contribution in [3.05, 3.63) is 86.7 Å². The Bertz CT molecular complexity index is 1580. The van der Waals surface area contributed by atoms with Crippen molar-refractivity contribution >= 4 is 38.7 Å². The summed E-state index contributed by atoms with van der Waals surface area (Å²) in [7, 11) is 3.70. The minimum atomic E-state index is -0.326. The summed E-state index contributed by atoms with van der Waals surface area (Å²) < 4.78 is 3.41. The molecule has 1 amide bonds. The first-order valence-electron chi connectivity index (χ1n) is 11.1. The van der Waals surface area contributed by atoms with Crippen LogP contribution in [0.3, 0.4) is 0 Å². The quantitative estimate of drug-likeness (QED) is 0.348. The van der Waals surface area contributed by atoms with Crippen molar-refractivity contribution in [1.82, 2.24) is 30.2 Å². The Morgan fingerprint density at radius 1 is 1.17 bits per heavy atom. The summed E-state index contributed by atoms with van der Waals surface area (Å²) in [5.41, 5.74) is 2.86. The van der Waals surface area contributed by atoms with Crippen LogP contribution in [-0.2, 0) is 13.6 Å². The first kappa shape index (κ1) is 23.2. The third-order valence-corrected chi connectivity index (χ3v) is 7.93. The Morgan fingerprint density at radius 3 is 2.77 bits per heavy atom. The predicted octanol–water partition coefficient (Wildman–Crippen LogP) is 4.12. The van der Waals surface area contributed by atoms with E-state index < -0.39 is 0 Å². The molecule has 0 aliphatic rings. The van der Waals surface area contributed by atoms with Gasteiger partial charge in [-0.15, -0.1) is 22.7 Å². The molecule has 0 aliphatic heterocycles. The van der Waals surface area contributed by atoms with Crippen LogP contribution in [0.15, 0.2) is 65.0 Å². The lowest BCUT2D eigenvalue weighted by molar-refractivity contribution is 0.0936. The van der Waals surface area contributed by atoms with Gasteiger partial charge in [-0.05, 0) is 48.7 Å². The molecular formula is C25H24N6O2S2. The van der Waals surface area contributed by atoms with E-state index in [1.807, 2.05) is 32.2 Å². The Labute approximate surface area is 209 Å². The normalized spacial score (nSPS) is 12.2. The first-order chi connectivity index (χ1) is 17.0. The van der Waals surface area contributed by atoms with Crippen LogP contribution in [0.4, 0.5) is 0 Å². The molecule has 0 spiro atoms. The number of aryl methyl sites for hydroxylation is 1. The van der Waals surface area contributed by atoms with E-state index in [0.29, 0.717) is 15.8 Å². The van der Waals surface area contributed by atoms with Crippen LogP contribution in [0.5, 0.6) is 0 Å². The van der Waals surface area contributed by atoms with E-state index in [1.165, 1.54) is 27.1 Å². The number of rotatable bonds is 7. The van der Waals surface area contributed by atoms with E-state index in [2.05, 4.69) is 39.0 Å². The fourth-order valence-electron chi connectivity index (χ4n) is 3.98. The van der Waals surface area contributed by atoms with E-state index in [1.54, 1.807) is 46.9 Å². The molecule has 8 nitrogen and oxygen atoms in total. The largest absolute Gasteiger partial charge is 0.343 e. The van der Waals surface area contributed by atoms with Gasteiger partial charge in [0.15, 0.2) is 5.69 Å². The van der Waals surface area contributed by atoms with Crippen molar-refractivity contribution in [1.29, 1.82) is 0 Å². The molecule has 0 fully saturated rings. The third-order valence-electron chi connectivity index (χ3n) is 5.71. The Kier molecular flexibility index (Phi) is 6.33. The smallest absolute Gasteiger partial charge is 0.280 e. The zero-order chi connectivity index (χ0) is 24.5. The molecule has 4 heterocycles. The molecule has 0 radical (unpaired) electrons. The first-order valence-corrected chi connectivity index (χ1v) is 12.8. The van der Waals surface area contributed by atoms with Crippen molar-refractivity contribution in [3.63, 3.8) is 0 Å². The Hall–Kier alpha value is -3.60. The SMILES string of the molecule is CNCc1ccccc1-c1ccc([C@@H](C)NC(=O)c2nn(-c3cnn(C)c3)c(=O)c3ccsc23)s1. The fourth-order valence-corrected chi connectivity index (χ4v) is 5.92. The maximum absolute atomic E-state index is 13.3. The Morgan fingerprint density at radius 2 is 2.00 bits per heavy atom. The second kappa shape index (κ2) is 9.57. The molecule has 1 atom stereocenters. The van der Waals surface area contributed by atoms with Crippen LogP contribution in [0.25, 0.3) is 26.2 Å². The molecule has 1 aromatic carbocycles. The van der Waals surface area contributed by atoms with E-state index in [-0.39, 0.29) is 23.2 Å². The second-order valence-corrected chi connectivity index (χ2v) is 10.2. The van der Waals surface area contributed by atoms with E-state index >= 15 is 0 Å². The summed E-state index contributed by atoms with van der Waals surface area (Å²) in [6, 6.07) is 13.9. The zero-order valence-electron chi connectivity index (χ0n) is 19.5. The number of amides is 1. The van der Waals surface area contributed by atoms with Crippen LogP contribution >= 0.6 is 22.7 Å². The van der Waals surface area contributed by atoms with Gasteiger partial charge in [-0.1, -0.05) is 24.3 Å². The van der Waals surface area contributed by atoms with Gasteiger partial charge in [-0.3, -0.25) is 14.3 Å². The second-order valence-electron chi connectivity index (χ2n) is 8.19. The van der Waals surface area contributed by atoms with Crippen molar-refractivity contribution in [3.8, 4) is 16.1 Å². The predicted molar refractivity (Wildman–Crippen MR) is 140 cm³/mol. The number of thiophene rings is 2. The summed E-state index contributed by atoms with van der Waals surface area (Å²) in [6.07, 6.45) is 3.24. The Balaban J connectivity index is 1.44. The van der Waals surface area contributed by atoms with Gasteiger partial charge in [0.05, 0.1) is 28.5 Å². The number of aromatic nitrogens is 4. The van der Waals surface area contributed by atoms with Gasteiger partial charge in [-0.2, -0.15) is 14.9 Å². The lowest BCUT2D eigenvalue weighted by Gasteiger charge is -2.13. The molecule has 0 saturated carbocycles. The molecule has 0 aliphatic carbocycles. The maximum atomic E-state index is 13.3. The average molecular weight is 505 g/mol. The van der Waals surface area contributed by atoms with Crippen molar-refractivity contribution in [2.45, 2.75) is 19.5 Å². The number of hydrogen-bond donors (Lipinski definition) is 2.